The fourth-order valence-electron chi connectivity index (χ4n) is 1.53. The molecule has 97 valence electrons. The molecule has 0 aromatic heterocycles. The Morgan fingerprint density at radius 1 is 1.11 bits per heavy atom. The van der Waals surface area contributed by atoms with Crippen molar-refractivity contribution in [3.05, 3.63) is 68.2 Å². The van der Waals surface area contributed by atoms with Gasteiger partial charge < -0.3 is 0 Å². The van der Waals surface area contributed by atoms with E-state index in [0.717, 1.165) is 5.56 Å². The Hall–Kier alpha value is -1.78. The Bertz CT molecular complexity index is 617. The summed E-state index contributed by atoms with van der Waals surface area (Å²) in [6, 6.07) is 11.4. The summed E-state index contributed by atoms with van der Waals surface area (Å²) >= 11 is 11.7. The van der Waals surface area contributed by atoms with Crippen molar-refractivity contribution in [2.75, 3.05) is 0 Å². The highest BCUT2D eigenvalue weighted by atomic mass is 35.5. The minimum absolute atomic E-state index is 0.0573. The van der Waals surface area contributed by atoms with Gasteiger partial charge in [0.1, 0.15) is 0 Å². The van der Waals surface area contributed by atoms with E-state index in [4.69, 9.17) is 23.2 Å². The summed E-state index contributed by atoms with van der Waals surface area (Å²) in [5.41, 5.74) is 1.50. The van der Waals surface area contributed by atoms with Crippen molar-refractivity contribution in [3.63, 3.8) is 0 Å². The van der Waals surface area contributed by atoms with Gasteiger partial charge in [0.2, 0.25) is 0 Å². The molecule has 0 saturated carbocycles. The molecule has 2 rings (SSSR count). The van der Waals surface area contributed by atoms with Crippen LogP contribution in [-0.4, -0.2) is 4.92 Å². The minimum atomic E-state index is -0.428. The molecular weight excluding hydrogens is 287 g/mol. The molecule has 2 aromatic carbocycles. The maximum atomic E-state index is 10.7. The first-order valence-electron chi connectivity index (χ1n) is 5.42. The largest absolute Gasteiger partial charge is 0.281 e. The summed E-state index contributed by atoms with van der Waals surface area (Å²) in [5.74, 6) is 0. The van der Waals surface area contributed by atoms with Crippen LogP contribution in [0.2, 0.25) is 10.0 Å². The zero-order valence-corrected chi connectivity index (χ0v) is 11.2. The zero-order chi connectivity index (χ0) is 13.8. The van der Waals surface area contributed by atoms with Crippen LogP contribution < -0.4 is 5.32 Å². The predicted octanol–water partition coefficient (Wildman–Crippen LogP) is 4.34. The second-order valence-corrected chi connectivity index (χ2v) is 4.66. The first-order valence-corrected chi connectivity index (χ1v) is 6.18. The van der Waals surface area contributed by atoms with Crippen LogP contribution in [0, 0.1) is 10.1 Å². The standard InChI is InChI=1S/C13H9Cl2N2O2/c14-12-5-4-10(7-13(12)15)16-8-9-2-1-3-11(6-9)17(18)19/h1-7H,8H2. The highest BCUT2D eigenvalue weighted by Crippen LogP contribution is 2.25. The van der Waals surface area contributed by atoms with E-state index >= 15 is 0 Å². The predicted molar refractivity (Wildman–Crippen MR) is 75.1 cm³/mol. The number of rotatable bonds is 4. The lowest BCUT2D eigenvalue weighted by molar-refractivity contribution is -0.384. The number of nitro benzene ring substituents is 1. The molecule has 0 amide bonds. The van der Waals surface area contributed by atoms with Crippen molar-refractivity contribution < 1.29 is 4.92 Å². The molecule has 0 bridgehead atoms. The molecule has 0 atom stereocenters. The van der Waals surface area contributed by atoms with Crippen LogP contribution in [0.5, 0.6) is 0 Å². The number of non-ortho nitro benzene ring substituents is 1. The quantitative estimate of drug-likeness (QED) is 0.622. The number of nitrogens with zero attached hydrogens (tertiary/aromatic N) is 2. The summed E-state index contributed by atoms with van der Waals surface area (Å²) < 4.78 is 0. The van der Waals surface area contributed by atoms with E-state index < -0.39 is 4.92 Å². The molecule has 0 aliphatic rings. The zero-order valence-electron chi connectivity index (χ0n) is 9.72. The molecule has 0 fully saturated rings. The molecule has 0 aliphatic heterocycles. The maximum absolute atomic E-state index is 10.7. The van der Waals surface area contributed by atoms with Crippen LogP contribution in [-0.2, 0) is 6.54 Å². The second kappa shape index (κ2) is 5.91. The highest BCUT2D eigenvalue weighted by molar-refractivity contribution is 6.42. The van der Waals surface area contributed by atoms with E-state index in [1.54, 1.807) is 30.3 Å². The number of hydrogen-bond donors (Lipinski definition) is 0. The van der Waals surface area contributed by atoms with E-state index in [9.17, 15) is 10.1 Å². The molecule has 0 heterocycles. The van der Waals surface area contributed by atoms with Gasteiger partial charge in [0.05, 0.1) is 27.2 Å². The molecule has 0 N–H and O–H groups in total. The third-order valence-corrected chi connectivity index (χ3v) is 3.21. The molecule has 0 aliphatic carbocycles. The average molecular weight is 296 g/mol. The maximum Gasteiger partial charge on any atom is 0.269 e. The van der Waals surface area contributed by atoms with E-state index in [0.29, 0.717) is 22.3 Å². The van der Waals surface area contributed by atoms with Gasteiger partial charge in [-0.2, -0.15) is 0 Å². The lowest BCUT2D eigenvalue weighted by atomic mass is 10.2. The first-order chi connectivity index (χ1) is 9.06. The van der Waals surface area contributed by atoms with E-state index in [1.165, 1.54) is 12.1 Å². The number of benzene rings is 2. The van der Waals surface area contributed by atoms with Gasteiger partial charge in [0.25, 0.3) is 5.69 Å². The summed E-state index contributed by atoms with van der Waals surface area (Å²) in [4.78, 5) is 10.2. The fraction of sp³-hybridized carbons (Fsp3) is 0.0769. The third kappa shape index (κ3) is 3.59. The van der Waals surface area contributed by atoms with Crippen molar-refractivity contribution in [2.24, 2.45) is 0 Å². The fourth-order valence-corrected chi connectivity index (χ4v) is 1.83. The molecular formula is C13H9Cl2N2O2. The van der Waals surface area contributed by atoms with Crippen molar-refractivity contribution in [3.8, 4) is 0 Å². The van der Waals surface area contributed by atoms with Crippen molar-refractivity contribution in [1.82, 2.24) is 5.32 Å². The summed E-state index contributed by atoms with van der Waals surface area (Å²) in [6.07, 6.45) is 0. The van der Waals surface area contributed by atoms with Gasteiger partial charge in [-0.3, -0.25) is 15.4 Å². The van der Waals surface area contributed by atoms with Gasteiger partial charge in [-0.15, -0.1) is 0 Å². The second-order valence-electron chi connectivity index (χ2n) is 3.84. The van der Waals surface area contributed by atoms with Gasteiger partial charge in [0.15, 0.2) is 0 Å². The van der Waals surface area contributed by atoms with Crippen LogP contribution >= 0.6 is 23.2 Å². The molecule has 6 heteroatoms. The van der Waals surface area contributed by atoms with Crippen molar-refractivity contribution in [1.29, 1.82) is 0 Å². The minimum Gasteiger partial charge on any atom is -0.281 e. The van der Waals surface area contributed by atoms with E-state index in [2.05, 4.69) is 5.32 Å². The molecule has 4 nitrogen and oxygen atoms in total. The van der Waals surface area contributed by atoms with Crippen LogP contribution in [0.1, 0.15) is 5.56 Å². The van der Waals surface area contributed by atoms with Crippen LogP contribution in [0.3, 0.4) is 0 Å². The van der Waals surface area contributed by atoms with Gasteiger partial charge in [-0.1, -0.05) is 35.3 Å². The molecule has 0 unspecified atom stereocenters. The Morgan fingerprint density at radius 2 is 1.89 bits per heavy atom. The van der Waals surface area contributed by atoms with Gasteiger partial charge in [-0.25, -0.2) is 0 Å². The van der Waals surface area contributed by atoms with E-state index in [1.807, 2.05) is 0 Å². The van der Waals surface area contributed by atoms with Gasteiger partial charge >= 0.3 is 0 Å². The lowest BCUT2D eigenvalue weighted by Gasteiger charge is -2.04. The SMILES string of the molecule is O=[N+]([O-])c1cccc(C[N]c2ccc(Cl)c(Cl)c2)c1. The Morgan fingerprint density at radius 3 is 2.58 bits per heavy atom. The molecule has 0 saturated heterocycles. The number of hydrogen-bond acceptors (Lipinski definition) is 2. The third-order valence-electron chi connectivity index (χ3n) is 2.47. The number of nitro groups is 1. The highest BCUT2D eigenvalue weighted by Gasteiger charge is 2.06. The Labute approximate surface area is 120 Å². The topological polar surface area (TPSA) is 57.2 Å². The Kier molecular flexibility index (Phi) is 4.24. The molecule has 0 spiro atoms. The van der Waals surface area contributed by atoms with Crippen LogP contribution in [0.15, 0.2) is 42.5 Å². The van der Waals surface area contributed by atoms with Crippen molar-refractivity contribution in [2.45, 2.75) is 6.54 Å². The summed E-state index contributed by atoms with van der Waals surface area (Å²) in [6.45, 7) is 0.347. The van der Waals surface area contributed by atoms with Crippen molar-refractivity contribution >= 4 is 34.6 Å². The smallest absolute Gasteiger partial charge is 0.269 e. The normalized spacial score (nSPS) is 10.2. The molecule has 2 aromatic rings. The average Bonchev–Trinajstić information content (AvgIpc) is 2.40. The van der Waals surface area contributed by atoms with E-state index in [-0.39, 0.29) is 5.69 Å². The Balaban J connectivity index is 2.07. The first kappa shape index (κ1) is 13.6. The van der Waals surface area contributed by atoms with Crippen LogP contribution in [0.25, 0.3) is 0 Å². The van der Waals surface area contributed by atoms with Gasteiger partial charge in [0, 0.05) is 12.1 Å². The summed E-state index contributed by atoms with van der Waals surface area (Å²) in [7, 11) is 0. The van der Waals surface area contributed by atoms with Crippen LogP contribution in [0.4, 0.5) is 11.4 Å². The monoisotopic (exact) mass is 295 g/mol. The number of halogens is 2. The van der Waals surface area contributed by atoms with Gasteiger partial charge in [-0.05, 0) is 23.8 Å². The lowest BCUT2D eigenvalue weighted by Crippen LogP contribution is -1.99. The molecule has 1 radical (unpaired) electrons. The summed E-state index contributed by atoms with van der Waals surface area (Å²) in [5, 5.41) is 15.9. The molecule has 19 heavy (non-hydrogen) atoms.